The molecule has 126 valence electrons. The Labute approximate surface area is 142 Å². The molecular weight excluding hydrogens is 302 g/mol. The zero-order valence-corrected chi connectivity index (χ0v) is 13.9. The van der Waals surface area contributed by atoms with Crippen LogP contribution in [0.25, 0.3) is 10.8 Å². The summed E-state index contributed by atoms with van der Waals surface area (Å²) < 4.78 is 0. The predicted octanol–water partition coefficient (Wildman–Crippen LogP) is 3.48. The number of hydrogen-bond donors (Lipinski definition) is 1. The second-order valence-electron chi connectivity index (χ2n) is 6.75. The van der Waals surface area contributed by atoms with Gasteiger partial charge in [-0.1, -0.05) is 49.4 Å². The van der Waals surface area contributed by atoms with Crippen molar-refractivity contribution in [1.82, 2.24) is 4.90 Å². The summed E-state index contributed by atoms with van der Waals surface area (Å²) in [4.78, 5) is 25.5. The summed E-state index contributed by atoms with van der Waals surface area (Å²) in [7, 11) is 0. The molecule has 24 heavy (non-hydrogen) atoms. The molecule has 2 aromatic carbocycles. The third-order valence-electron chi connectivity index (χ3n) is 4.91. The normalized spacial score (nSPS) is 21.0. The van der Waals surface area contributed by atoms with Crippen molar-refractivity contribution in [1.29, 1.82) is 0 Å². The molecule has 2 aromatic rings. The van der Waals surface area contributed by atoms with Gasteiger partial charge in [-0.15, -0.1) is 0 Å². The van der Waals surface area contributed by atoms with Crippen LogP contribution in [0, 0.1) is 5.92 Å². The van der Waals surface area contributed by atoms with Crippen molar-refractivity contribution in [3.63, 3.8) is 0 Å². The number of piperidine rings is 1. The second-order valence-corrected chi connectivity index (χ2v) is 6.75. The molecule has 0 bridgehead atoms. The Hall–Kier alpha value is -2.36. The SMILES string of the molecule is CC1CCN(C(=O)CCc2ccc3ccccc3c2)C(C(=O)O)C1. The maximum absolute atomic E-state index is 12.5. The summed E-state index contributed by atoms with van der Waals surface area (Å²) in [6.45, 7) is 2.60. The molecule has 0 aromatic heterocycles. The van der Waals surface area contributed by atoms with Crippen LogP contribution in [-0.2, 0) is 16.0 Å². The fourth-order valence-electron chi connectivity index (χ4n) is 3.46. The molecule has 4 nitrogen and oxygen atoms in total. The predicted molar refractivity (Wildman–Crippen MR) is 93.8 cm³/mol. The maximum Gasteiger partial charge on any atom is 0.326 e. The lowest BCUT2D eigenvalue weighted by atomic mass is 9.92. The highest BCUT2D eigenvalue weighted by atomic mass is 16.4. The first-order valence-corrected chi connectivity index (χ1v) is 8.54. The van der Waals surface area contributed by atoms with Crippen LogP contribution < -0.4 is 0 Å². The van der Waals surface area contributed by atoms with Crippen molar-refractivity contribution in [3.8, 4) is 0 Å². The summed E-state index contributed by atoms with van der Waals surface area (Å²) in [6.07, 6.45) is 2.43. The van der Waals surface area contributed by atoms with E-state index in [1.807, 2.05) is 25.1 Å². The molecular formula is C20H23NO3. The minimum atomic E-state index is -0.888. The highest BCUT2D eigenvalue weighted by molar-refractivity contribution is 5.85. The molecule has 0 aliphatic carbocycles. The average Bonchev–Trinajstić information content (AvgIpc) is 2.59. The van der Waals surface area contributed by atoms with Gasteiger partial charge in [0, 0.05) is 13.0 Å². The van der Waals surface area contributed by atoms with Gasteiger partial charge in [-0.05, 0) is 41.5 Å². The molecule has 2 unspecified atom stereocenters. The third-order valence-corrected chi connectivity index (χ3v) is 4.91. The molecule has 4 heteroatoms. The van der Waals surface area contributed by atoms with Gasteiger partial charge in [-0.2, -0.15) is 0 Å². The Kier molecular flexibility index (Phi) is 4.84. The molecule has 1 amide bonds. The van der Waals surface area contributed by atoms with Gasteiger partial charge in [-0.25, -0.2) is 4.79 Å². The molecule has 1 heterocycles. The number of carboxylic acids is 1. The monoisotopic (exact) mass is 325 g/mol. The van der Waals surface area contributed by atoms with E-state index in [1.54, 1.807) is 4.90 Å². The quantitative estimate of drug-likeness (QED) is 0.936. The zero-order valence-electron chi connectivity index (χ0n) is 13.9. The van der Waals surface area contributed by atoms with Crippen molar-refractivity contribution < 1.29 is 14.7 Å². The molecule has 1 saturated heterocycles. The molecule has 0 saturated carbocycles. The number of aliphatic carboxylic acids is 1. The number of benzene rings is 2. The van der Waals surface area contributed by atoms with Gasteiger partial charge >= 0.3 is 5.97 Å². The number of carbonyl (C=O) groups is 2. The topological polar surface area (TPSA) is 57.6 Å². The van der Waals surface area contributed by atoms with Gasteiger partial charge in [0.2, 0.25) is 5.91 Å². The van der Waals surface area contributed by atoms with E-state index in [4.69, 9.17) is 0 Å². The summed E-state index contributed by atoms with van der Waals surface area (Å²) in [5.74, 6) is -0.585. The van der Waals surface area contributed by atoms with Crippen molar-refractivity contribution in [2.75, 3.05) is 6.54 Å². The van der Waals surface area contributed by atoms with Crippen LogP contribution in [0.15, 0.2) is 42.5 Å². The van der Waals surface area contributed by atoms with Gasteiger partial charge < -0.3 is 10.0 Å². The van der Waals surface area contributed by atoms with E-state index in [-0.39, 0.29) is 5.91 Å². The van der Waals surface area contributed by atoms with E-state index in [0.29, 0.717) is 31.7 Å². The Morgan fingerprint density at radius 2 is 1.92 bits per heavy atom. The first-order valence-electron chi connectivity index (χ1n) is 8.54. The van der Waals surface area contributed by atoms with E-state index in [1.165, 1.54) is 5.39 Å². The average molecular weight is 325 g/mol. The molecule has 1 aliphatic heterocycles. The molecule has 0 radical (unpaired) electrons. The van der Waals surface area contributed by atoms with E-state index in [9.17, 15) is 14.7 Å². The zero-order chi connectivity index (χ0) is 17.1. The minimum absolute atomic E-state index is 0.0533. The van der Waals surface area contributed by atoms with Gasteiger partial charge in [-0.3, -0.25) is 4.79 Å². The number of carboxylic acid groups (broad SMARTS) is 1. The van der Waals surface area contributed by atoms with Crippen LogP contribution in [0.2, 0.25) is 0 Å². The number of aryl methyl sites for hydroxylation is 1. The molecule has 3 rings (SSSR count). The fourth-order valence-corrected chi connectivity index (χ4v) is 3.46. The molecule has 2 atom stereocenters. The minimum Gasteiger partial charge on any atom is -0.480 e. The van der Waals surface area contributed by atoms with Crippen LogP contribution in [0.4, 0.5) is 0 Å². The van der Waals surface area contributed by atoms with Crippen LogP contribution in [-0.4, -0.2) is 34.5 Å². The lowest BCUT2D eigenvalue weighted by Crippen LogP contribution is -2.49. The molecule has 1 fully saturated rings. The Morgan fingerprint density at radius 3 is 2.67 bits per heavy atom. The van der Waals surface area contributed by atoms with Crippen molar-refractivity contribution in [2.45, 2.75) is 38.6 Å². The van der Waals surface area contributed by atoms with Crippen LogP contribution in [0.5, 0.6) is 0 Å². The van der Waals surface area contributed by atoms with Crippen molar-refractivity contribution in [2.24, 2.45) is 5.92 Å². The highest BCUT2D eigenvalue weighted by Gasteiger charge is 2.34. The Balaban J connectivity index is 1.66. The third kappa shape index (κ3) is 3.58. The molecule has 1 N–H and O–H groups in total. The number of amides is 1. The lowest BCUT2D eigenvalue weighted by molar-refractivity contribution is -0.153. The number of rotatable bonds is 4. The number of fused-ring (bicyclic) bond motifs is 1. The number of carbonyl (C=O) groups excluding carboxylic acids is 1. The fraction of sp³-hybridized carbons (Fsp3) is 0.400. The van der Waals surface area contributed by atoms with Crippen LogP contribution in [0.1, 0.15) is 31.7 Å². The summed E-state index contributed by atoms with van der Waals surface area (Å²) in [5, 5.41) is 11.7. The first-order chi connectivity index (χ1) is 11.5. The summed E-state index contributed by atoms with van der Waals surface area (Å²) in [6, 6.07) is 13.7. The number of nitrogens with zero attached hydrogens (tertiary/aromatic N) is 1. The smallest absolute Gasteiger partial charge is 0.326 e. The Morgan fingerprint density at radius 1 is 1.17 bits per heavy atom. The van der Waals surface area contributed by atoms with Crippen molar-refractivity contribution in [3.05, 3.63) is 48.0 Å². The summed E-state index contributed by atoms with van der Waals surface area (Å²) in [5.41, 5.74) is 1.11. The Bertz CT molecular complexity index is 755. The largest absolute Gasteiger partial charge is 0.480 e. The van der Waals surface area contributed by atoms with Gasteiger partial charge in [0.25, 0.3) is 0 Å². The maximum atomic E-state index is 12.5. The first kappa shape index (κ1) is 16.5. The number of likely N-dealkylation sites (tertiary alicyclic amines) is 1. The second kappa shape index (κ2) is 7.04. The molecule has 0 spiro atoms. The van der Waals surface area contributed by atoms with E-state index >= 15 is 0 Å². The van der Waals surface area contributed by atoms with E-state index in [2.05, 4.69) is 24.3 Å². The lowest BCUT2D eigenvalue weighted by Gasteiger charge is -2.36. The van der Waals surface area contributed by atoms with E-state index in [0.717, 1.165) is 17.4 Å². The van der Waals surface area contributed by atoms with Gasteiger partial charge in [0.15, 0.2) is 0 Å². The van der Waals surface area contributed by atoms with Gasteiger partial charge in [0.1, 0.15) is 6.04 Å². The highest BCUT2D eigenvalue weighted by Crippen LogP contribution is 2.24. The van der Waals surface area contributed by atoms with Crippen LogP contribution >= 0.6 is 0 Å². The van der Waals surface area contributed by atoms with Crippen molar-refractivity contribution >= 4 is 22.6 Å². The summed E-state index contributed by atoms with van der Waals surface area (Å²) >= 11 is 0. The standard InChI is InChI=1S/C20H23NO3/c1-14-10-11-21(18(12-14)20(23)24)19(22)9-7-15-6-8-16-4-2-3-5-17(16)13-15/h2-6,8,13-14,18H,7,9-12H2,1H3,(H,23,24). The number of hydrogen-bond acceptors (Lipinski definition) is 2. The van der Waals surface area contributed by atoms with Crippen LogP contribution in [0.3, 0.4) is 0 Å². The van der Waals surface area contributed by atoms with Gasteiger partial charge in [0.05, 0.1) is 0 Å². The molecule has 1 aliphatic rings. The van der Waals surface area contributed by atoms with E-state index < -0.39 is 12.0 Å².